The van der Waals surface area contributed by atoms with Gasteiger partial charge in [-0.15, -0.1) is 11.3 Å². The van der Waals surface area contributed by atoms with Crippen LogP contribution in [0.4, 0.5) is 0 Å². The van der Waals surface area contributed by atoms with E-state index in [9.17, 15) is 9.59 Å². The normalized spacial score (nSPS) is 10.6. The topological polar surface area (TPSA) is 80.3 Å². The van der Waals surface area contributed by atoms with E-state index >= 15 is 0 Å². The van der Waals surface area contributed by atoms with Gasteiger partial charge in [-0.05, 0) is 12.0 Å². The molecule has 0 aliphatic rings. The minimum absolute atomic E-state index is 0.00706. The number of hydrogen-bond donors (Lipinski definition) is 2. The smallest absolute Gasteiger partial charge is 0.271 e. The van der Waals surface area contributed by atoms with Crippen LogP contribution in [0.15, 0.2) is 29.6 Å². The van der Waals surface area contributed by atoms with E-state index < -0.39 is 0 Å². The summed E-state index contributed by atoms with van der Waals surface area (Å²) in [4.78, 5) is 28.2. The van der Waals surface area contributed by atoms with Crippen molar-refractivity contribution in [1.29, 1.82) is 0 Å². The molecule has 0 saturated carbocycles. The van der Waals surface area contributed by atoms with Crippen LogP contribution >= 0.6 is 11.3 Å². The average Bonchev–Trinajstić information content (AvgIpc) is 3.06. The molecule has 1 aromatic heterocycles. The first-order valence-electron chi connectivity index (χ1n) is 8.10. The van der Waals surface area contributed by atoms with Gasteiger partial charge < -0.3 is 15.4 Å². The number of benzene rings is 1. The predicted molar refractivity (Wildman–Crippen MR) is 97.6 cm³/mol. The molecule has 25 heavy (non-hydrogen) atoms. The summed E-state index contributed by atoms with van der Waals surface area (Å²) in [5.74, 6) is 0.788. The van der Waals surface area contributed by atoms with Crippen LogP contribution in [0.1, 0.15) is 41.3 Å². The summed E-state index contributed by atoms with van der Waals surface area (Å²) in [7, 11) is 1.60. The number of rotatable bonds is 8. The van der Waals surface area contributed by atoms with Gasteiger partial charge in [-0.2, -0.15) is 0 Å². The third-order valence-corrected chi connectivity index (χ3v) is 4.30. The molecule has 1 heterocycles. The summed E-state index contributed by atoms with van der Waals surface area (Å²) in [5, 5.41) is 8.05. The molecule has 0 spiro atoms. The molecule has 134 valence electrons. The molecule has 0 saturated heterocycles. The first-order valence-corrected chi connectivity index (χ1v) is 8.98. The van der Waals surface area contributed by atoms with Gasteiger partial charge in [-0.3, -0.25) is 9.59 Å². The lowest BCUT2D eigenvalue weighted by Crippen LogP contribution is -2.25. The predicted octanol–water partition coefficient (Wildman–Crippen LogP) is 2.74. The molecule has 0 radical (unpaired) electrons. The third kappa shape index (κ3) is 5.86. The van der Waals surface area contributed by atoms with Gasteiger partial charge in [0.25, 0.3) is 5.91 Å². The minimum Gasteiger partial charge on any atom is -0.496 e. The Kier molecular flexibility index (Phi) is 6.94. The molecule has 7 heteroatoms. The van der Waals surface area contributed by atoms with Gasteiger partial charge in [0.05, 0.1) is 13.7 Å². The maximum absolute atomic E-state index is 12.2. The van der Waals surface area contributed by atoms with Gasteiger partial charge in [-0.25, -0.2) is 4.98 Å². The molecule has 0 aliphatic carbocycles. The van der Waals surface area contributed by atoms with Crippen LogP contribution in [0.3, 0.4) is 0 Å². The summed E-state index contributed by atoms with van der Waals surface area (Å²) in [6.07, 6.45) is 0.484. The van der Waals surface area contributed by atoms with Crippen molar-refractivity contribution in [2.24, 2.45) is 5.92 Å². The largest absolute Gasteiger partial charge is 0.496 e. The molecule has 2 aromatic rings. The van der Waals surface area contributed by atoms with Crippen molar-refractivity contribution >= 4 is 23.2 Å². The molecule has 2 rings (SSSR count). The van der Waals surface area contributed by atoms with Gasteiger partial charge in [-0.1, -0.05) is 32.0 Å². The zero-order chi connectivity index (χ0) is 18.2. The summed E-state index contributed by atoms with van der Waals surface area (Å²) in [5.41, 5.74) is 1.25. The van der Waals surface area contributed by atoms with Gasteiger partial charge in [0.15, 0.2) is 0 Å². The highest BCUT2D eigenvalue weighted by Gasteiger charge is 2.12. The maximum Gasteiger partial charge on any atom is 0.271 e. The number of ether oxygens (including phenoxy) is 1. The van der Waals surface area contributed by atoms with E-state index in [4.69, 9.17) is 4.74 Å². The van der Waals surface area contributed by atoms with Crippen LogP contribution in [-0.4, -0.2) is 23.9 Å². The van der Waals surface area contributed by atoms with E-state index in [2.05, 4.69) is 15.6 Å². The first-order chi connectivity index (χ1) is 12.0. The lowest BCUT2D eigenvalue weighted by Gasteiger charge is -2.08. The number of amides is 2. The van der Waals surface area contributed by atoms with Crippen LogP contribution in [0.5, 0.6) is 5.75 Å². The highest BCUT2D eigenvalue weighted by atomic mass is 32.1. The standard InChI is InChI=1S/C18H23N3O3S/c1-12(2)8-16(22)19-10-17-21-14(11-25-17)18(23)20-9-13-6-4-5-7-15(13)24-3/h4-7,11-12H,8-10H2,1-3H3,(H,19,22)(H,20,23). The summed E-state index contributed by atoms with van der Waals surface area (Å²) in [6.45, 7) is 4.69. The van der Waals surface area contributed by atoms with E-state index in [-0.39, 0.29) is 11.8 Å². The molecule has 6 nitrogen and oxygen atoms in total. The number of nitrogens with one attached hydrogen (secondary N) is 2. The van der Waals surface area contributed by atoms with Crippen LogP contribution in [0.25, 0.3) is 0 Å². The van der Waals surface area contributed by atoms with Crippen molar-refractivity contribution in [3.05, 3.63) is 45.9 Å². The monoisotopic (exact) mass is 361 g/mol. The Labute approximate surface area is 151 Å². The minimum atomic E-state index is -0.248. The number of methoxy groups -OCH3 is 1. The van der Waals surface area contributed by atoms with E-state index in [1.54, 1.807) is 12.5 Å². The molecule has 2 N–H and O–H groups in total. The van der Waals surface area contributed by atoms with Gasteiger partial charge in [0, 0.05) is 23.9 Å². The lowest BCUT2D eigenvalue weighted by molar-refractivity contribution is -0.121. The van der Waals surface area contributed by atoms with Crippen molar-refractivity contribution in [1.82, 2.24) is 15.6 Å². The summed E-state index contributed by atoms with van der Waals surface area (Å²) >= 11 is 1.36. The number of carbonyl (C=O) groups excluding carboxylic acids is 2. The zero-order valence-electron chi connectivity index (χ0n) is 14.7. The number of hydrogen-bond acceptors (Lipinski definition) is 5. The highest BCUT2D eigenvalue weighted by Crippen LogP contribution is 2.17. The average molecular weight is 361 g/mol. The molecular weight excluding hydrogens is 338 g/mol. The molecule has 1 aromatic carbocycles. The fourth-order valence-electron chi connectivity index (χ4n) is 2.23. The quantitative estimate of drug-likeness (QED) is 0.758. The fraction of sp³-hybridized carbons (Fsp3) is 0.389. The van der Waals surface area contributed by atoms with Crippen molar-refractivity contribution in [3.8, 4) is 5.75 Å². The molecule has 0 aliphatic heterocycles. The highest BCUT2D eigenvalue weighted by molar-refractivity contribution is 7.09. The van der Waals surface area contributed by atoms with Gasteiger partial charge >= 0.3 is 0 Å². The summed E-state index contributed by atoms with van der Waals surface area (Å²) in [6, 6.07) is 7.52. The van der Waals surface area contributed by atoms with Crippen LogP contribution in [0.2, 0.25) is 0 Å². The Hall–Kier alpha value is -2.41. The van der Waals surface area contributed by atoms with Crippen molar-refractivity contribution in [2.45, 2.75) is 33.4 Å². The van der Waals surface area contributed by atoms with E-state index in [1.807, 2.05) is 38.1 Å². The molecule has 0 bridgehead atoms. The van der Waals surface area contributed by atoms with E-state index in [0.717, 1.165) is 11.3 Å². The Morgan fingerprint density at radius 2 is 1.96 bits per heavy atom. The zero-order valence-corrected chi connectivity index (χ0v) is 15.5. The van der Waals surface area contributed by atoms with Crippen molar-refractivity contribution in [2.75, 3.05) is 7.11 Å². The second-order valence-electron chi connectivity index (χ2n) is 6.00. The SMILES string of the molecule is COc1ccccc1CNC(=O)c1csc(CNC(=O)CC(C)C)n1. The third-order valence-electron chi connectivity index (χ3n) is 3.45. The number of thiazole rings is 1. The lowest BCUT2D eigenvalue weighted by atomic mass is 10.1. The van der Waals surface area contributed by atoms with E-state index in [0.29, 0.717) is 36.1 Å². The Morgan fingerprint density at radius 3 is 2.68 bits per heavy atom. The number of carbonyl (C=O) groups is 2. The maximum atomic E-state index is 12.2. The van der Waals surface area contributed by atoms with Gasteiger partial charge in [0.2, 0.25) is 5.91 Å². The molecule has 2 amide bonds. The molecule has 0 unspecified atom stereocenters. The molecule has 0 atom stereocenters. The number of aromatic nitrogens is 1. The van der Waals surface area contributed by atoms with E-state index in [1.165, 1.54) is 11.3 Å². The second-order valence-corrected chi connectivity index (χ2v) is 6.94. The first kappa shape index (κ1) is 18.9. The second kappa shape index (κ2) is 9.17. The Balaban J connectivity index is 1.86. The van der Waals surface area contributed by atoms with Crippen LogP contribution < -0.4 is 15.4 Å². The fourth-order valence-corrected chi connectivity index (χ4v) is 2.94. The van der Waals surface area contributed by atoms with Crippen LogP contribution in [-0.2, 0) is 17.9 Å². The van der Waals surface area contributed by atoms with Crippen molar-refractivity contribution in [3.63, 3.8) is 0 Å². The van der Waals surface area contributed by atoms with Gasteiger partial charge in [0.1, 0.15) is 16.5 Å². The number of nitrogens with zero attached hydrogens (tertiary/aromatic N) is 1. The Morgan fingerprint density at radius 1 is 1.20 bits per heavy atom. The Bertz CT molecular complexity index is 728. The van der Waals surface area contributed by atoms with Crippen LogP contribution in [0, 0.1) is 5.92 Å². The number of para-hydroxylation sites is 1. The summed E-state index contributed by atoms with van der Waals surface area (Å²) < 4.78 is 5.26. The molecule has 0 fully saturated rings. The van der Waals surface area contributed by atoms with Crippen molar-refractivity contribution < 1.29 is 14.3 Å². The molecular formula is C18H23N3O3S.